The summed E-state index contributed by atoms with van der Waals surface area (Å²) < 4.78 is 12.1. The Kier molecular flexibility index (Phi) is 5.09. The van der Waals surface area contributed by atoms with Gasteiger partial charge in [-0.1, -0.05) is 47.7 Å². The van der Waals surface area contributed by atoms with Gasteiger partial charge in [0.25, 0.3) is 11.1 Å². The van der Waals surface area contributed by atoms with Crippen LogP contribution in [0.25, 0.3) is 11.0 Å². The smallest absolute Gasteiger partial charge is 0.296 e. The summed E-state index contributed by atoms with van der Waals surface area (Å²) in [5.41, 5.74) is 1.19. The Morgan fingerprint density at radius 2 is 1.79 bits per heavy atom. The van der Waals surface area contributed by atoms with Crippen LogP contribution in [0.15, 0.2) is 58.1 Å². The first-order valence-corrected chi connectivity index (χ1v) is 9.61. The number of aromatic nitrogens is 3. The normalized spacial score (nSPS) is 11.7. The minimum Gasteiger partial charge on any atom is -0.493 e. The van der Waals surface area contributed by atoms with Gasteiger partial charge in [-0.25, -0.2) is 0 Å². The SMILES string of the molecule is COc1ccc(/C=c2\sc3nc(=O)c(Cc4ccccc4)nn3c2=O)cc1OC. The number of fused-ring (bicyclic) bond motifs is 1. The minimum atomic E-state index is -0.423. The van der Waals surface area contributed by atoms with Crippen molar-refractivity contribution in [1.82, 2.24) is 14.6 Å². The van der Waals surface area contributed by atoms with Crippen molar-refractivity contribution in [2.75, 3.05) is 14.2 Å². The first-order chi connectivity index (χ1) is 14.1. The fourth-order valence-electron chi connectivity index (χ4n) is 2.94. The van der Waals surface area contributed by atoms with E-state index in [9.17, 15) is 9.59 Å². The molecule has 2 aromatic carbocycles. The maximum absolute atomic E-state index is 12.8. The summed E-state index contributed by atoms with van der Waals surface area (Å²) in [7, 11) is 3.11. The van der Waals surface area contributed by atoms with Crippen molar-refractivity contribution in [3.05, 3.63) is 90.6 Å². The third kappa shape index (κ3) is 3.74. The van der Waals surface area contributed by atoms with E-state index in [1.807, 2.05) is 36.4 Å². The first-order valence-electron chi connectivity index (χ1n) is 8.79. The van der Waals surface area contributed by atoms with Gasteiger partial charge in [0.1, 0.15) is 5.69 Å². The molecule has 0 atom stereocenters. The summed E-state index contributed by atoms with van der Waals surface area (Å²) in [6.07, 6.45) is 2.03. The zero-order valence-corrected chi connectivity index (χ0v) is 16.6. The zero-order valence-electron chi connectivity index (χ0n) is 15.8. The Hall–Kier alpha value is -3.52. The van der Waals surface area contributed by atoms with Crippen molar-refractivity contribution in [1.29, 1.82) is 0 Å². The summed E-state index contributed by atoms with van der Waals surface area (Å²) in [6, 6.07) is 14.8. The van der Waals surface area contributed by atoms with E-state index in [0.29, 0.717) is 22.5 Å². The molecule has 0 amide bonds. The molecule has 2 aromatic heterocycles. The molecule has 0 aliphatic heterocycles. The van der Waals surface area contributed by atoms with Crippen LogP contribution in [0.1, 0.15) is 16.8 Å². The molecule has 0 saturated carbocycles. The van der Waals surface area contributed by atoms with E-state index in [4.69, 9.17) is 9.47 Å². The van der Waals surface area contributed by atoms with E-state index < -0.39 is 5.56 Å². The van der Waals surface area contributed by atoms with Crippen LogP contribution >= 0.6 is 11.3 Å². The molecular weight excluding hydrogens is 390 g/mol. The van der Waals surface area contributed by atoms with Crippen LogP contribution < -0.4 is 25.1 Å². The highest BCUT2D eigenvalue weighted by Gasteiger charge is 2.12. The van der Waals surface area contributed by atoms with Gasteiger partial charge in [0.15, 0.2) is 11.5 Å². The van der Waals surface area contributed by atoms with E-state index in [0.717, 1.165) is 22.5 Å². The number of hydrogen-bond acceptors (Lipinski definition) is 7. The molecule has 0 N–H and O–H groups in total. The highest BCUT2D eigenvalue weighted by Crippen LogP contribution is 2.27. The van der Waals surface area contributed by atoms with Crippen LogP contribution in [0.2, 0.25) is 0 Å². The lowest BCUT2D eigenvalue weighted by atomic mass is 10.1. The van der Waals surface area contributed by atoms with Gasteiger partial charge < -0.3 is 9.47 Å². The van der Waals surface area contributed by atoms with E-state index in [-0.39, 0.29) is 16.2 Å². The fourth-order valence-corrected chi connectivity index (χ4v) is 3.84. The third-order valence-electron chi connectivity index (χ3n) is 4.37. The van der Waals surface area contributed by atoms with Crippen molar-refractivity contribution >= 4 is 22.4 Å². The number of ether oxygens (including phenoxy) is 2. The maximum Gasteiger partial charge on any atom is 0.296 e. The van der Waals surface area contributed by atoms with Crippen molar-refractivity contribution < 1.29 is 9.47 Å². The highest BCUT2D eigenvalue weighted by atomic mass is 32.1. The van der Waals surface area contributed by atoms with Gasteiger partial charge in [-0.05, 0) is 29.3 Å². The Morgan fingerprint density at radius 3 is 2.52 bits per heavy atom. The van der Waals surface area contributed by atoms with Crippen LogP contribution in [0.5, 0.6) is 11.5 Å². The van der Waals surface area contributed by atoms with E-state index >= 15 is 0 Å². The first kappa shape index (κ1) is 18.8. The Balaban J connectivity index is 1.79. The van der Waals surface area contributed by atoms with Crippen LogP contribution in [0, 0.1) is 0 Å². The summed E-state index contributed by atoms with van der Waals surface area (Å²) >= 11 is 1.12. The Labute approximate surface area is 169 Å². The van der Waals surface area contributed by atoms with E-state index in [1.165, 1.54) is 4.52 Å². The minimum absolute atomic E-state index is 0.237. The van der Waals surface area contributed by atoms with Gasteiger partial charge in [0.2, 0.25) is 4.96 Å². The molecule has 29 heavy (non-hydrogen) atoms. The number of rotatable bonds is 5. The van der Waals surface area contributed by atoms with E-state index in [2.05, 4.69) is 10.1 Å². The Morgan fingerprint density at radius 1 is 1.03 bits per heavy atom. The van der Waals surface area contributed by atoms with Gasteiger partial charge in [0, 0.05) is 6.42 Å². The van der Waals surface area contributed by atoms with Crippen LogP contribution in [0.3, 0.4) is 0 Å². The predicted octanol–water partition coefficient (Wildman–Crippen LogP) is 1.67. The van der Waals surface area contributed by atoms with E-state index in [1.54, 1.807) is 32.4 Å². The zero-order chi connectivity index (χ0) is 20.4. The fraction of sp³-hybridized carbons (Fsp3) is 0.143. The molecule has 0 fully saturated rings. The molecule has 4 rings (SSSR count). The van der Waals surface area contributed by atoms with Gasteiger partial charge in [-0.3, -0.25) is 9.59 Å². The lowest BCUT2D eigenvalue weighted by molar-refractivity contribution is 0.355. The number of benzene rings is 2. The summed E-state index contributed by atoms with van der Waals surface area (Å²) in [6.45, 7) is 0. The van der Waals surface area contributed by atoms with Crippen molar-refractivity contribution in [2.24, 2.45) is 0 Å². The second-order valence-corrected chi connectivity index (χ2v) is 7.26. The van der Waals surface area contributed by atoms with Crippen molar-refractivity contribution in [2.45, 2.75) is 6.42 Å². The number of hydrogen-bond donors (Lipinski definition) is 0. The van der Waals surface area contributed by atoms with Crippen molar-refractivity contribution in [3.8, 4) is 11.5 Å². The average molecular weight is 407 g/mol. The molecular formula is C21H17N3O4S. The third-order valence-corrected chi connectivity index (χ3v) is 5.33. The van der Waals surface area contributed by atoms with Crippen LogP contribution in [0.4, 0.5) is 0 Å². The predicted molar refractivity (Wildman–Crippen MR) is 111 cm³/mol. The quantitative estimate of drug-likeness (QED) is 0.501. The summed E-state index contributed by atoms with van der Waals surface area (Å²) in [4.78, 5) is 29.5. The van der Waals surface area contributed by atoms with Crippen LogP contribution in [-0.2, 0) is 6.42 Å². The molecule has 146 valence electrons. The highest BCUT2D eigenvalue weighted by molar-refractivity contribution is 7.15. The monoisotopic (exact) mass is 407 g/mol. The maximum atomic E-state index is 12.8. The molecule has 0 aliphatic carbocycles. The molecule has 8 heteroatoms. The van der Waals surface area contributed by atoms with Gasteiger partial charge >= 0.3 is 0 Å². The largest absolute Gasteiger partial charge is 0.493 e. The molecule has 0 radical (unpaired) electrons. The lowest BCUT2D eigenvalue weighted by Crippen LogP contribution is -2.28. The van der Waals surface area contributed by atoms with Crippen molar-refractivity contribution in [3.63, 3.8) is 0 Å². The number of thiazole rings is 1. The van der Waals surface area contributed by atoms with Crippen LogP contribution in [-0.4, -0.2) is 28.8 Å². The molecule has 0 spiro atoms. The molecule has 0 bridgehead atoms. The van der Waals surface area contributed by atoms with Gasteiger partial charge in [-0.2, -0.15) is 14.6 Å². The number of methoxy groups -OCH3 is 2. The average Bonchev–Trinajstić information content (AvgIpc) is 3.03. The second-order valence-electron chi connectivity index (χ2n) is 6.25. The molecule has 2 heterocycles. The van der Waals surface area contributed by atoms with Gasteiger partial charge in [-0.15, -0.1) is 0 Å². The molecule has 7 nitrogen and oxygen atoms in total. The molecule has 0 aliphatic rings. The standard InChI is InChI=1S/C21H17N3O4S/c1-27-16-9-8-14(11-17(16)28-2)12-18-20(26)24-21(29-18)22-19(25)15(23-24)10-13-6-4-3-5-7-13/h3-9,11-12H,10H2,1-2H3/b18-12-. The topological polar surface area (TPSA) is 82.8 Å². The second kappa shape index (κ2) is 7.84. The lowest BCUT2D eigenvalue weighted by Gasteiger charge is -2.07. The summed E-state index contributed by atoms with van der Waals surface area (Å²) in [5, 5.41) is 4.27. The number of nitrogens with zero attached hydrogens (tertiary/aromatic N) is 3. The summed E-state index contributed by atoms with van der Waals surface area (Å²) in [5.74, 6) is 1.16. The molecule has 0 saturated heterocycles. The Bertz CT molecular complexity index is 1350. The molecule has 4 aromatic rings. The molecule has 0 unspecified atom stereocenters. The van der Waals surface area contributed by atoms with Gasteiger partial charge in [0.05, 0.1) is 18.8 Å².